The van der Waals surface area contributed by atoms with Gasteiger partial charge in [-0.25, -0.2) is 0 Å². The summed E-state index contributed by atoms with van der Waals surface area (Å²) in [5.74, 6) is 0.257. The number of ether oxygens (including phenoxy) is 2. The van der Waals surface area contributed by atoms with Crippen molar-refractivity contribution in [3.8, 4) is 45.3 Å². The van der Waals surface area contributed by atoms with E-state index in [2.05, 4.69) is 0 Å². The number of phenolic OH excluding ortho intramolecular Hbond substituents is 2. The molecular weight excluding hydrogens is 809 g/mol. The minimum absolute atomic E-state index is 0.119. The van der Waals surface area contributed by atoms with E-state index in [1.165, 1.54) is 24.3 Å². The molecule has 0 aliphatic rings. The van der Waals surface area contributed by atoms with E-state index in [-0.39, 0.29) is 56.2 Å². The second-order valence-corrected chi connectivity index (χ2v) is 14.8. The first kappa shape index (κ1) is 40.6. The van der Waals surface area contributed by atoms with Crippen LogP contribution in [-0.4, -0.2) is 36.0 Å². The van der Waals surface area contributed by atoms with Crippen LogP contribution in [-0.2, 0) is 0 Å². The Labute approximate surface area is 364 Å². The molecule has 0 unspecified atom stereocenters. The number of para-hydroxylation sites is 4. The number of carbonyl (C=O) groups is 2. The van der Waals surface area contributed by atoms with Crippen molar-refractivity contribution in [2.24, 2.45) is 0 Å². The molecule has 2 N–H and O–H groups in total. The van der Waals surface area contributed by atoms with E-state index in [0.29, 0.717) is 66.5 Å². The van der Waals surface area contributed by atoms with Crippen LogP contribution in [0.5, 0.6) is 23.0 Å². The lowest BCUT2D eigenvalue weighted by Crippen LogP contribution is -2.07. The van der Waals surface area contributed by atoms with Gasteiger partial charge in [0.1, 0.15) is 45.3 Å². The summed E-state index contributed by atoms with van der Waals surface area (Å²) in [6, 6.07) is 47.8. The van der Waals surface area contributed by atoms with Gasteiger partial charge in [0.2, 0.25) is 10.9 Å². The maximum atomic E-state index is 13.3. The molecule has 0 spiro atoms. The number of rotatable bonds is 8. The van der Waals surface area contributed by atoms with Crippen molar-refractivity contribution in [1.82, 2.24) is 0 Å². The molecule has 64 heavy (non-hydrogen) atoms. The number of benzene rings is 8. The van der Waals surface area contributed by atoms with Gasteiger partial charge in [0.25, 0.3) is 0 Å². The number of aromatic hydroxyl groups is 2. The van der Waals surface area contributed by atoms with Crippen molar-refractivity contribution in [3.63, 3.8) is 0 Å². The Hall–Kier alpha value is -8.76. The molecule has 0 saturated carbocycles. The molecule has 10 heteroatoms. The van der Waals surface area contributed by atoms with Gasteiger partial charge in [-0.05, 0) is 108 Å². The van der Waals surface area contributed by atoms with Crippen molar-refractivity contribution >= 4 is 55.4 Å². The molecule has 2 heterocycles. The Balaban J connectivity index is 0.000000162. The van der Waals surface area contributed by atoms with Gasteiger partial charge in [-0.15, -0.1) is 0 Å². The van der Waals surface area contributed by atoms with E-state index in [1.54, 1.807) is 111 Å². The van der Waals surface area contributed by atoms with Gasteiger partial charge in [-0.1, -0.05) is 72.8 Å². The SMILES string of the molecule is COc1cccc(-c2cc(C(=O)c3ccccc3O)cc3c(=O)c4ccccc4oc23)c1.COc1cccc(-c2cc(C(=O)c3ccccc3O)cc3c(=O)c4ccccc4oc23)c1. The Morgan fingerprint density at radius 2 is 0.828 bits per heavy atom. The zero-order valence-corrected chi connectivity index (χ0v) is 34.3. The van der Waals surface area contributed by atoms with E-state index in [4.69, 9.17) is 18.3 Å². The predicted molar refractivity (Wildman–Crippen MR) is 247 cm³/mol. The minimum atomic E-state index is -0.387. The molecular formula is C54H36O10. The van der Waals surface area contributed by atoms with E-state index < -0.39 is 0 Å². The van der Waals surface area contributed by atoms with Crippen molar-refractivity contribution in [3.05, 3.63) is 213 Å². The summed E-state index contributed by atoms with van der Waals surface area (Å²) in [6.45, 7) is 0. The summed E-state index contributed by atoms with van der Waals surface area (Å²) < 4.78 is 23.0. The highest BCUT2D eigenvalue weighted by Crippen LogP contribution is 2.36. The first-order valence-corrected chi connectivity index (χ1v) is 20.1. The fourth-order valence-corrected chi connectivity index (χ4v) is 7.73. The first-order valence-electron chi connectivity index (χ1n) is 20.1. The largest absolute Gasteiger partial charge is 0.507 e. The molecule has 10 aromatic rings. The standard InChI is InChI=1S/2C27H18O5/c2*1-31-18-8-6-7-16(13-18)21-14-17(25(29)19-9-2-4-11-23(19)28)15-22-26(30)20-10-3-5-12-24(20)32-27(21)22/h2*2-15,28H,1H3. The van der Waals surface area contributed by atoms with E-state index in [1.807, 2.05) is 48.5 Å². The number of phenols is 2. The van der Waals surface area contributed by atoms with Crippen LogP contribution in [0.15, 0.2) is 188 Å². The lowest BCUT2D eigenvalue weighted by atomic mass is 9.94. The molecule has 0 saturated heterocycles. The second kappa shape index (κ2) is 16.9. The van der Waals surface area contributed by atoms with Gasteiger partial charge >= 0.3 is 0 Å². The third-order valence-corrected chi connectivity index (χ3v) is 10.9. The molecule has 0 aliphatic heterocycles. The molecule has 0 bridgehead atoms. The van der Waals surface area contributed by atoms with Crippen LogP contribution in [0.1, 0.15) is 31.8 Å². The van der Waals surface area contributed by atoms with Gasteiger partial charge in [0, 0.05) is 22.3 Å². The molecule has 0 amide bonds. The number of ketones is 2. The van der Waals surface area contributed by atoms with Crippen LogP contribution in [0.2, 0.25) is 0 Å². The predicted octanol–water partition coefficient (Wildman–Crippen LogP) is 11.1. The summed E-state index contributed by atoms with van der Waals surface area (Å²) in [5.41, 5.74) is 4.77. The maximum absolute atomic E-state index is 13.3. The Kier molecular flexibility index (Phi) is 10.8. The fraction of sp³-hybridized carbons (Fsp3) is 0.0370. The minimum Gasteiger partial charge on any atom is -0.507 e. The molecule has 10 rings (SSSR count). The quantitative estimate of drug-likeness (QED) is 0.112. The normalized spacial score (nSPS) is 11.0. The summed E-state index contributed by atoms with van der Waals surface area (Å²) >= 11 is 0. The van der Waals surface area contributed by atoms with Crippen LogP contribution in [0, 0.1) is 0 Å². The van der Waals surface area contributed by atoms with E-state index in [9.17, 15) is 29.4 Å². The Morgan fingerprint density at radius 3 is 1.23 bits per heavy atom. The van der Waals surface area contributed by atoms with Crippen LogP contribution < -0.4 is 20.3 Å². The molecule has 0 fully saturated rings. The smallest absolute Gasteiger partial charge is 0.200 e. The number of methoxy groups -OCH3 is 2. The molecule has 0 aliphatic carbocycles. The number of carbonyl (C=O) groups excluding carboxylic acids is 2. The van der Waals surface area contributed by atoms with Gasteiger partial charge in [0.05, 0.1) is 46.9 Å². The highest BCUT2D eigenvalue weighted by atomic mass is 16.5. The summed E-state index contributed by atoms with van der Waals surface area (Å²) in [7, 11) is 3.14. The third-order valence-electron chi connectivity index (χ3n) is 10.9. The van der Waals surface area contributed by atoms with Gasteiger partial charge in [-0.2, -0.15) is 0 Å². The van der Waals surface area contributed by atoms with Crippen LogP contribution in [0.3, 0.4) is 0 Å². The maximum Gasteiger partial charge on any atom is 0.200 e. The molecule has 0 atom stereocenters. The fourth-order valence-electron chi connectivity index (χ4n) is 7.73. The average Bonchev–Trinajstić information content (AvgIpc) is 3.34. The van der Waals surface area contributed by atoms with Crippen molar-refractivity contribution in [2.45, 2.75) is 0 Å². The Bertz CT molecular complexity index is 3360. The first-order chi connectivity index (χ1) is 31.1. The number of fused-ring (bicyclic) bond motifs is 4. The topological polar surface area (TPSA) is 153 Å². The van der Waals surface area contributed by atoms with E-state index in [0.717, 1.165) is 11.1 Å². The summed E-state index contributed by atoms with van der Waals surface area (Å²) in [6.07, 6.45) is 0. The van der Waals surface area contributed by atoms with Gasteiger partial charge in [-0.3, -0.25) is 19.2 Å². The lowest BCUT2D eigenvalue weighted by molar-refractivity contribution is 0.102. The van der Waals surface area contributed by atoms with E-state index >= 15 is 0 Å². The zero-order chi connectivity index (χ0) is 44.5. The highest BCUT2D eigenvalue weighted by molar-refractivity contribution is 6.15. The van der Waals surface area contributed by atoms with Gasteiger partial charge < -0.3 is 28.5 Å². The van der Waals surface area contributed by atoms with Crippen molar-refractivity contribution in [1.29, 1.82) is 0 Å². The van der Waals surface area contributed by atoms with Crippen LogP contribution in [0.25, 0.3) is 66.1 Å². The zero-order valence-electron chi connectivity index (χ0n) is 34.3. The van der Waals surface area contributed by atoms with Crippen LogP contribution >= 0.6 is 0 Å². The summed E-state index contributed by atoms with van der Waals surface area (Å²) in [4.78, 5) is 53.2. The molecule has 312 valence electrons. The Morgan fingerprint density at radius 1 is 0.438 bits per heavy atom. The monoisotopic (exact) mass is 844 g/mol. The molecule has 10 nitrogen and oxygen atoms in total. The lowest BCUT2D eigenvalue weighted by Gasteiger charge is -2.12. The third kappa shape index (κ3) is 7.49. The number of hydrogen-bond acceptors (Lipinski definition) is 10. The molecule has 8 aromatic carbocycles. The average molecular weight is 845 g/mol. The van der Waals surface area contributed by atoms with Crippen molar-refractivity contribution in [2.75, 3.05) is 14.2 Å². The van der Waals surface area contributed by atoms with Crippen LogP contribution in [0.4, 0.5) is 0 Å². The molecule has 0 radical (unpaired) electrons. The van der Waals surface area contributed by atoms with Crippen molar-refractivity contribution < 1.29 is 38.1 Å². The second-order valence-electron chi connectivity index (χ2n) is 14.8. The highest BCUT2D eigenvalue weighted by Gasteiger charge is 2.22. The van der Waals surface area contributed by atoms with Gasteiger partial charge in [0.15, 0.2) is 11.6 Å². The summed E-state index contributed by atoms with van der Waals surface area (Å²) in [5, 5.41) is 21.8. The number of hydrogen-bond donors (Lipinski definition) is 2. The molecule has 2 aromatic heterocycles.